The van der Waals surface area contributed by atoms with Crippen molar-refractivity contribution in [3.63, 3.8) is 0 Å². The average molecular weight is 383 g/mol. The molecule has 2 atom stereocenters. The van der Waals surface area contributed by atoms with Gasteiger partial charge in [0.25, 0.3) is 0 Å². The van der Waals surface area contributed by atoms with Crippen LogP contribution in [0.3, 0.4) is 0 Å². The summed E-state index contributed by atoms with van der Waals surface area (Å²) in [6.07, 6.45) is 7.51. The monoisotopic (exact) mass is 383 g/mol. The third-order valence-corrected chi connectivity index (χ3v) is 9.20. The summed E-state index contributed by atoms with van der Waals surface area (Å²) in [5.74, 6) is 0. The Hall–Kier alpha value is -1.40. The predicted molar refractivity (Wildman–Crippen MR) is 118 cm³/mol. The van der Waals surface area contributed by atoms with E-state index in [-0.39, 0.29) is 7.92 Å². The predicted octanol–water partition coefficient (Wildman–Crippen LogP) is 6.20. The Bertz CT molecular complexity index is 829. The van der Waals surface area contributed by atoms with Crippen LogP contribution in [-0.2, 0) is 12.8 Å². The van der Waals surface area contributed by atoms with Gasteiger partial charge in [-0.25, -0.2) is 4.39 Å². The summed E-state index contributed by atoms with van der Waals surface area (Å²) < 4.78 is 14.1. The summed E-state index contributed by atoms with van der Waals surface area (Å²) >= 11 is 0. The molecule has 144 valence electrons. The van der Waals surface area contributed by atoms with Crippen molar-refractivity contribution in [2.75, 3.05) is 37.0 Å². The largest absolute Gasteiger partial charge is 0.374 e. The highest BCUT2D eigenvalue weighted by Gasteiger charge is 2.34. The van der Waals surface area contributed by atoms with Crippen LogP contribution in [0, 0.1) is 6.92 Å². The van der Waals surface area contributed by atoms with Gasteiger partial charge in [-0.3, -0.25) is 0 Å². The Morgan fingerprint density at radius 1 is 1.11 bits per heavy atom. The van der Waals surface area contributed by atoms with E-state index in [4.69, 9.17) is 0 Å². The number of halogens is 1. The molecule has 4 rings (SSSR count). The van der Waals surface area contributed by atoms with Crippen molar-refractivity contribution >= 4 is 13.6 Å². The van der Waals surface area contributed by atoms with Crippen molar-refractivity contribution in [1.29, 1.82) is 0 Å². The van der Waals surface area contributed by atoms with Gasteiger partial charge in [-0.05, 0) is 85.7 Å². The molecule has 1 fully saturated rings. The molecule has 1 nitrogen and oxygen atoms in total. The Morgan fingerprint density at radius 3 is 2.67 bits per heavy atom. The molecule has 1 aliphatic carbocycles. The molecule has 27 heavy (non-hydrogen) atoms. The maximum Gasteiger partial charge on any atom is 0.112 e. The molecule has 0 amide bonds. The zero-order chi connectivity index (χ0) is 19.0. The van der Waals surface area contributed by atoms with Crippen LogP contribution in [0.2, 0.25) is 0 Å². The highest BCUT2D eigenvalue weighted by molar-refractivity contribution is 7.58. The van der Waals surface area contributed by atoms with Crippen LogP contribution in [0.15, 0.2) is 36.4 Å². The van der Waals surface area contributed by atoms with Crippen molar-refractivity contribution in [1.82, 2.24) is 0 Å². The number of benzene rings is 2. The lowest BCUT2D eigenvalue weighted by molar-refractivity contribution is 0.227. The zero-order valence-corrected chi connectivity index (χ0v) is 17.8. The normalized spacial score (nSPS) is 24.2. The molecule has 0 aromatic heterocycles. The van der Waals surface area contributed by atoms with Crippen LogP contribution < -0.4 is 4.90 Å². The second kappa shape index (κ2) is 7.55. The molecule has 1 heterocycles. The Morgan fingerprint density at radius 2 is 1.89 bits per heavy atom. The van der Waals surface area contributed by atoms with E-state index in [1.54, 1.807) is 12.5 Å². The minimum absolute atomic E-state index is 0.138. The number of rotatable bonds is 5. The molecule has 0 spiro atoms. The average Bonchev–Trinajstić information content (AvgIpc) is 3.25. The van der Waals surface area contributed by atoms with Crippen molar-refractivity contribution in [2.45, 2.75) is 45.2 Å². The minimum Gasteiger partial charge on any atom is -0.374 e. The van der Waals surface area contributed by atoms with E-state index in [1.807, 2.05) is 0 Å². The van der Waals surface area contributed by atoms with E-state index >= 15 is 0 Å². The quantitative estimate of drug-likeness (QED) is 0.556. The molecule has 2 unspecified atom stereocenters. The molecular formula is C24H31FNP. The summed E-state index contributed by atoms with van der Waals surface area (Å²) in [5.41, 5.74) is 7.66. The van der Waals surface area contributed by atoms with Gasteiger partial charge in [0.05, 0.1) is 0 Å². The van der Waals surface area contributed by atoms with Gasteiger partial charge in [0.1, 0.15) is 5.67 Å². The highest BCUT2D eigenvalue weighted by Crippen LogP contribution is 2.49. The summed E-state index contributed by atoms with van der Waals surface area (Å²) in [4.78, 5) is 2.39. The van der Waals surface area contributed by atoms with Gasteiger partial charge in [0.2, 0.25) is 0 Å². The van der Waals surface area contributed by atoms with Gasteiger partial charge in [0.15, 0.2) is 0 Å². The molecule has 0 N–H and O–H groups in total. The van der Waals surface area contributed by atoms with E-state index in [1.165, 1.54) is 47.2 Å². The molecule has 2 aliphatic rings. The van der Waals surface area contributed by atoms with E-state index in [2.05, 4.69) is 55.3 Å². The maximum absolute atomic E-state index is 14.1. The lowest BCUT2D eigenvalue weighted by Gasteiger charge is -2.25. The lowest BCUT2D eigenvalue weighted by atomic mass is 9.93. The van der Waals surface area contributed by atoms with Crippen LogP contribution >= 0.6 is 7.92 Å². The SMILES string of the molecule is Cc1c(-c2cccc3c2CCC3)cccc1N(C)CCP1CCC(C)(F)C1. The van der Waals surface area contributed by atoms with Crippen LogP contribution in [0.1, 0.15) is 36.5 Å². The van der Waals surface area contributed by atoms with Crippen molar-refractivity contribution < 1.29 is 4.39 Å². The second-order valence-electron chi connectivity index (χ2n) is 8.61. The highest BCUT2D eigenvalue weighted by atomic mass is 31.1. The van der Waals surface area contributed by atoms with Gasteiger partial charge in [-0.15, -0.1) is 7.92 Å². The van der Waals surface area contributed by atoms with Crippen molar-refractivity contribution in [2.24, 2.45) is 0 Å². The molecule has 2 aromatic rings. The summed E-state index contributed by atoms with van der Waals surface area (Å²) in [6, 6.07) is 13.5. The number of hydrogen-bond donors (Lipinski definition) is 0. The van der Waals surface area contributed by atoms with Crippen LogP contribution in [-0.4, -0.2) is 37.7 Å². The molecular weight excluding hydrogens is 352 g/mol. The van der Waals surface area contributed by atoms with Crippen LogP contribution in [0.5, 0.6) is 0 Å². The number of nitrogens with zero attached hydrogens (tertiary/aromatic N) is 1. The van der Waals surface area contributed by atoms with Crippen LogP contribution in [0.25, 0.3) is 11.1 Å². The van der Waals surface area contributed by atoms with Gasteiger partial charge >= 0.3 is 0 Å². The van der Waals surface area contributed by atoms with Crippen LogP contribution in [0.4, 0.5) is 10.1 Å². The minimum atomic E-state index is -0.909. The number of fused-ring (bicyclic) bond motifs is 1. The Balaban J connectivity index is 1.53. The maximum atomic E-state index is 14.1. The molecule has 0 saturated carbocycles. The van der Waals surface area contributed by atoms with E-state index in [0.29, 0.717) is 0 Å². The first kappa shape index (κ1) is 18.9. The standard InChI is InChI=1S/C24H31FNP/c1-18-20(22-11-5-8-19-7-4-10-21(19)22)9-6-12-23(18)26(3)14-16-27-15-13-24(2,25)17-27/h5-6,8-9,11-12H,4,7,10,13-17H2,1-3H3. The Labute approximate surface area is 164 Å². The first-order valence-electron chi connectivity index (χ1n) is 10.3. The van der Waals surface area contributed by atoms with Gasteiger partial charge in [-0.2, -0.15) is 0 Å². The zero-order valence-electron chi connectivity index (χ0n) is 16.9. The summed E-state index contributed by atoms with van der Waals surface area (Å²) in [5, 5.41) is 0. The Kier molecular flexibility index (Phi) is 5.30. The van der Waals surface area contributed by atoms with Crippen molar-refractivity contribution in [3.8, 4) is 11.1 Å². The topological polar surface area (TPSA) is 3.24 Å². The van der Waals surface area contributed by atoms with Crippen molar-refractivity contribution in [3.05, 3.63) is 53.1 Å². The number of anilines is 1. The fourth-order valence-corrected chi connectivity index (χ4v) is 7.81. The fraction of sp³-hybridized carbons (Fsp3) is 0.500. The lowest BCUT2D eigenvalue weighted by Crippen LogP contribution is -2.22. The molecule has 3 heteroatoms. The smallest absolute Gasteiger partial charge is 0.112 e. The van der Waals surface area contributed by atoms with E-state index in [0.717, 1.165) is 31.5 Å². The number of alkyl halides is 1. The van der Waals surface area contributed by atoms with Gasteiger partial charge in [-0.1, -0.05) is 30.3 Å². The third kappa shape index (κ3) is 3.92. The fourth-order valence-electron chi connectivity index (χ4n) is 4.82. The van der Waals surface area contributed by atoms with Gasteiger partial charge in [0, 0.05) is 25.4 Å². The molecule has 2 aromatic carbocycles. The third-order valence-electron chi connectivity index (χ3n) is 6.41. The summed E-state index contributed by atoms with van der Waals surface area (Å²) in [7, 11) is 2.06. The molecule has 0 bridgehead atoms. The first-order chi connectivity index (χ1) is 12.9. The van der Waals surface area contributed by atoms with E-state index in [9.17, 15) is 4.39 Å². The number of aryl methyl sites for hydroxylation is 1. The molecule has 0 radical (unpaired) electrons. The molecule has 1 saturated heterocycles. The second-order valence-corrected chi connectivity index (χ2v) is 11.2. The number of hydrogen-bond acceptors (Lipinski definition) is 1. The van der Waals surface area contributed by atoms with Gasteiger partial charge < -0.3 is 4.90 Å². The first-order valence-corrected chi connectivity index (χ1v) is 12.2. The van der Waals surface area contributed by atoms with E-state index < -0.39 is 5.67 Å². The summed E-state index contributed by atoms with van der Waals surface area (Å²) in [6.45, 7) is 5.07. The molecule has 1 aliphatic heterocycles.